The van der Waals surface area contributed by atoms with Crippen molar-refractivity contribution in [3.63, 3.8) is 0 Å². The molecule has 0 spiro atoms. The zero-order valence-electron chi connectivity index (χ0n) is 10.5. The lowest BCUT2D eigenvalue weighted by molar-refractivity contribution is -0.386. The van der Waals surface area contributed by atoms with Crippen molar-refractivity contribution in [3.05, 3.63) is 37.1 Å². The first-order valence-corrected chi connectivity index (χ1v) is 5.61. The Hall–Kier alpha value is -2.00. The number of nitrogens with one attached hydrogen (secondary N) is 1. The van der Waals surface area contributed by atoms with Crippen LogP contribution >= 0.6 is 0 Å². The third-order valence-corrected chi connectivity index (χ3v) is 2.31. The van der Waals surface area contributed by atoms with Crippen molar-refractivity contribution in [1.82, 2.24) is 9.55 Å². The number of rotatable bonds is 8. The van der Waals surface area contributed by atoms with Crippen LogP contribution in [0.5, 0.6) is 0 Å². The summed E-state index contributed by atoms with van der Waals surface area (Å²) in [6, 6.07) is 0. The number of ether oxygens (including phenoxy) is 2. The van der Waals surface area contributed by atoms with Gasteiger partial charge in [0.05, 0.1) is 24.3 Å². The summed E-state index contributed by atoms with van der Waals surface area (Å²) < 4.78 is 11.1. The Morgan fingerprint density at radius 3 is 2.74 bits per heavy atom. The number of H-pyrrole nitrogens is 1. The molecule has 0 saturated heterocycles. The summed E-state index contributed by atoms with van der Waals surface area (Å²) in [5.74, 6) is 0. The first kappa shape index (κ1) is 15.1. The van der Waals surface area contributed by atoms with E-state index in [0.29, 0.717) is 26.2 Å². The highest BCUT2D eigenvalue weighted by Crippen LogP contribution is 1.99. The Labute approximate surface area is 107 Å². The molecule has 0 aliphatic carbocycles. The SMILES string of the molecule is COCCOCCCn1cc([N+](=O)[O-])c(=O)[nH]c1=O. The Morgan fingerprint density at radius 1 is 1.37 bits per heavy atom. The number of hydrogen-bond donors (Lipinski definition) is 1. The second kappa shape index (κ2) is 7.44. The van der Waals surface area contributed by atoms with Crippen LogP contribution in [0, 0.1) is 10.1 Å². The molecule has 0 aliphatic heterocycles. The maximum absolute atomic E-state index is 11.4. The lowest BCUT2D eigenvalue weighted by Gasteiger charge is -2.05. The van der Waals surface area contributed by atoms with E-state index in [1.165, 1.54) is 0 Å². The fourth-order valence-corrected chi connectivity index (χ4v) is 1.38. The second-order valence-electron chi connectivity index (χ2n) is 3.68. The molecule has 9 heteroatoms. The third-order valence-electron chi connectivity index (χ3n) is 2.31. The molecule has 0 fully saturated rings. The Bertz CT molecular complexity index is 535. The highest BCUT2D eigenvalue weighted by Gasteiger charge is 2.14. The van der Waals surface area contributed by atoms with Gasteiger partial charge in [-0.3, -0.25) is 24.5 Å². The van der Waals surface area contributed by atoms with E-state index in [9.17, 15) is 19.7 Å². The molecule has 1 aromatic heterocycles. The number of aryl methyl sites for hydroxylation is 1. The van der Waals surface area contributed by atoms with Crippen molar-refractivity contribution < 1.29 is 14.4 Å². The standard InChI is InChI=1S/C10H15N3O6/c1-18-5-6-19-4-2-3-12-7-8(13(16)17)9(14)11-10(12)15/h7H,2-6H2,1H3,(H,11,14,15). The van der Waals surface area contributed by atoms with Gasteiger partial charge in [-0.05, 0) is 6.42 Å². The predicted octanol–water partition coefficient (Wildman–Crippen LogP) is -0.502. The summed E-state index contributed by atoms with van der Waals surface area (Å²) in [5.41, 5.74) is -2.32. The van der Waals surface area contributed by atoms with Crippen molar-refractivity contribution >= 4 is 5.69 Å². The van der Waals surface area contributed by atoms with Gasteiger partial charge in [-0.1, -0.05) is 0 Å². The molecule has 0 saturated carbocycles. The maximum Gasteiger partial charge on any atom is 0.350 e. The lowest BCUT2D eigenvalue weighted by Crippen LogP contribution is -2.31. The molecule has 1 heterocycles. The number of methoxy groups -OCH3 is 1. The normalized spacial score (nSPS) is 10.6. The van der Waals surface area contributed by atoms with Crippen molar-refractivity contribution in [2.24, 2.45) is 0 Å². The van der Waals surface area contributed by atoms with E-state index >= 15 is 0 Å². The zero-order chi connectivity index (χ0) is 14.3. The molecule has 0 aromatic carbocycles. The van der Waals surface area contributed by atoms with Crippen LogP contribution in [0.15, 0.2) is 15.8 Å². The van der Waals surface area contributed by atoms with Crippen molar-refractivity contribution in [1.29, 1.82) is 0 Å². The Morgan fingerprint density at radius 2 is 2.11 bits per heavy atom. The van der Waals surface area contributed by atoms with Crippen LogP contribution in [0.1, 0.15) is 6.42 Å². The monoisotopic (exact) mass is 273 g/mol. The first-order chi connectivity index (χ1) is 9.06. The molecule has 106 valence electrons. The third kappa shape index (κ3) is 4.64. The van der Waals surface area contributed by atoms with Crippen LogP contribution < -0.4 is 11.2 Å². The number of hydrogen-bond acceptors (Lipinski definition) is 6. The van der Waals surface area contributed by atoms with Gasteiger partial charge < -0.3 is 9.47 Å². The summed E-state index contributed by atoms with van der Waals surface area (Å²) in [6.07, 6.45) is 1.43. The average molecular weight is 273 g/mol. The summed E-state index contributed by atoms with van der Waals surface area (Å²) in [4.78, 5) is 34.2. The number of aromatic amines is 1. The second-order valence-corrected chi connectivity index (χ2v) is 3.68. The smallest absolute Gasteiger partial charge is 0.350 e. The number of aromatic nitrogens is 2. The molecular formula is C10H15N3O6. The van der Waals surface area contributed by atoms with E-state index in [4.69, 9.17) is 9.47 Å². The van der Waals surface area contributed by atoms with Crippen LogP contribution in [0.4, 0.5) is 5.69 Å². The maximum atomic E-state index is 11.4. The van der Waals surface area contributed by atoms with Gasteiger partial charge in [-0.2, -0.15) is 0 Å². The number of nitro groups is 1. The molecule has 9 nitrogen and oxygen atoms in total. The summed E-state index contributed by atoms with van der Waals surface area (Å²) >= 11 is 0. The van der Waals surface area contributed by atoms with Gasteiger partial charge in [0.15, 0.2) is 0 Å². The molecule has 1 rings (SSSR count). The topological polar surface area (TPSA) is 116 Å². The summed E-state index contributed by atoms with van der Waals surface area (Å²) in [7, 11) is 1.56. The van der Waals surface area contributed by atoms with Gasteiger partial charge in [-0.25, -0.2) is 4.79 Å². The van der Waals surface area contributed by atoms with E-state index in [-0.39, 0.29) is 6.54 Å². The minimum atomic E-state index is -0.998. The Balaban J connectivity index is 2.59. The van der Waals surface area contributed by atoms with Crippen LogP contribution in [-0.2, 0) is 16.0 Å². The molecule has 0 radical (unpaired) electrons. The fraction of sp³-hybridized carbons (Fsp3) is 0.600. The lowest BCUT2D eigenvalue weighted by atomic mass is 10.4. The molecule has 0 amide bonds. The predicted molar refractivity (Wildman–Crippen MR) is 65.3 cm³/mol. The largest absolute Gasteiger partial charge is 0.382 e. The zero-order valence-corrected chi connectivity index (χ0v) is 10.5. The van der Waals surface area contributed by atoms with Gasteiger partial charge in [-0.15, -0.1) is 0 Å². The van der Waals surface area contributed by atoms with Crippen LogP contribution in [0.25, 0.3) is 0 Å². The number of nitrogens with zero attached hydrogens (tertiary/aromatic N) is 2. The highest BCUT2D eigenvalue weighted by molar-refractivity contribution is 5.20. The highest BCUT2D eigenvalue weighted by atomic mass is 16.6. The van der Waals surface area contributed by atoms with Crippen LogP contribution in [0.2, 0.25) is 0 Å². The van der Waals surface area contributed by atoms with E-state index in [1.807, 2.05) is 4.98 Å². The minimum absolute atomic E-state index is 0.226. The van der Waals surface area contributed by atoms with Crippen molar-refractivity contribution in [3.8, 4) is 0 Å². The minimum Gasteiger partial charge on any atom is -0.382 e. The van der Waals surface area contributed by atoms with Gasteiger partial charge in [0.1, 0.15) is 0 Å². The van der Waals surface area contributed by atoms with Crippen LogP contribution in [-0.4, -0.2) is 41.4 Å². The van der Waals surface area contributed by atoms with Crippen LogP contribution in [0.3, 0.4) is 0 Å². The Kier molecular flexibility index (Phi) is 5.90. The quantitative estimate of drug-likeness (QED) is 0.387. The molecule has 0 atom stereocenters. The van der Waals surface area contributed by atoms with Gasteiger partial charge in [0, 0.05) is 20.3 Å². The van der Waals surface area contributed by atoms with Gasteiger partial charge >= 0.3 is 16.9 Å². The average Bonchev–Trinajstić information content (AvgIpc) is 2.35. The molecule has 0 unspecified atom stereocenters. The molecule has 1 N–H and O–H groups in total. The van der Waals surface area contributed by atoms with Gasteiger partial charge in [0.2, 0.25) is 0 Å². The molecule has 0 bridgehead atoms. The van der Waals surface area contributed by atoms with Crippen molar-refractivity contribution in [2.75, 3.05) is 26.9 Å². The van der Waals surface area contributed by atoms with E-state index < -0.39 is 21.9 Å². The molecule has 1 aromatic rings. The van der Waals surface area contributed by atoms with E-state index in [0.717, 1.165) is 10.8 Å². The first-order valence-electron chi connectivity index (χ1n) is 5.61. The summed E-state index contributed by atoms with van der Waals surface area (Å²) in [6.45, 7) is 1.54. The molecule has 0 aliphatic rings. The van der Waals surface area contributed by atoms with E-state index in [2.05, 4.69) is 0 Å². The molecular weight excluding hydrogens is 258 g/mol. The van der Waals surface area contributed by atoms with Gasteiger partial charge in [0.25, 0.3) is 0 Å². The molecule has 19 heavy (non-hydrogen) atoms. The van der Waals surface area contributed by atoms with E-state index in [1.54, 1.807) is 7.11 Å². The summed E-state index contributed by atoms with van der Waals surface area (Å²) in [5, 5.41) is 10.6. The fourth-order valence-electron chi connectivity index (χ4n) is 1.38. The van der Waals surface area contributed by atoms with Crippen molar-refractivity contribution in [2.45, 2.75) is 13.0 Å².